The van der Waals surface area contributed by atoms with Gasteiger partial charge in [-0.3, -0.25) is 9.59 Å². The molecule has 0 spiro atoms. The van der Waals surface area contributed by atoms with E-state index in [-0.39, 0.29) is 53.2 Å². The molecule has 0 aromatic carbocycles. The fourth-order valence-corrected chi connectivity index (χ4v) is 7.20. The van der Waals surface area contributed by atoms with E-state index >= 15 is 0 Å². The van der Waals surface area contributed by atoms with Gasteiger partial charge in [0.25, 0.3) is 0 Å². The Hall–Kier alpha value is -1.83. The number of hydrogen-bond donors (Lipinski definition) is 0. The molecule has 0 amide bonds. The SMILES string of the molecule is CCc1nc(/C=C(\C)[C@@H]2C/C=C(/C)C/C=C/[C@H](C)[C@H](O[Si](C)(C)C(C)(C)C)[C@@H](C)C(=O)C(C)(C)[C@@H](C)CC(=O)O2)cs1. The zero-order chi connectivity index (χ0) is 32.0. The predicted octanol–water partition coefficient (Wildman–Crippen LogP) is 9.60. The van der Waals surface area contributed by atoms with Gasteiger partial charge in [0.1, 0.15) is 11.9 Å². The summed E-state index contributed by atoms with van der Waals surface area (Å²) in [7, 11) is -2.14. The number of carbonyl (C=O) groups is 2. The standard InChI is InChI=1S/C35H57NO4SSi/c1-14-30-36-28(22-41-30)20-25(4)29-19-18-23(2)16-15-17-24(3)32(40-42(12,13)34(7,8)9)27(6)33(38)35(10,11)26(5)21-31(37)39-29/h15,17-18,20,22,24,26-27,29,32H,14,16,19,21H2,1-13H3/b17-15+,23-18-,25-20+/t24-,26-,27+,29-,32-/m0/s1. The molecule has 0 radical (unpaired) electrons. The number of ketones is 1. The minimum absolute atomic E-state index is 0.0290. The van der Waals surface area contributed by atoms with Gasteiger partial charge < -0.3 is 9.16 Å². The number of aryl methyl sites for hydroxylation is 1. The summed E-state index contributed by atoms with van der Waals surface area (Å²) in [6.07, 6.45) is 10.5. The smallest absolute Gasteiger partial charge is 0.306 e. The Morgan fingerprint density at radius 2 is 1.86 bits per heavy atom. The second-order valence-corrected chi connectivity index (χ2v) is 20.2. The van der Waals surface area contributed by atoms with E-state index in [1.54, 1.807) is 11.3 Å². The van der Waals surface area contributed by atoms with Crippen LogP contribution in [-0.4, -0.2) is 37.3 Å². The molecule has 5 nitrogen and oxygen atoms in total. The van der Waals surface area contributed by atoms with Crippen molar-refractivity contribution in [3.05, 3.63) is 45.5 Å². The molecule has 0 unspecified atom stereocenters. The van der Waals surface area contributed by atoms with Crippen LogP contribution in [0.2, 0.25) is 18.1 Å². The van der Waals surface area contributed by atoms with Crippen molar-refractivity contribution in [2.45, 2.75) is 132 Å². The summed E-state index contributed by atoms with van der Waals surface area (Å²) >= 11 is 1.65. The van der Waals surface area contributed by atoms with Gasteiger partial charge >= 0.3 is 5.97 Å². The Morgan fingerprint density at radius 1 is 1.21 bits per heavy atom. The van der Waals surface area contributed by atoms with Gasteiger partial charge in [-0.2, -0.15) is 0 Å². The maximum absolute atomic E-state index is 14.2. The highest BCUT2D eigenvalue weighted by Crippen LogP contribution is 2.41. The molecule has 236 valence electrons. The number of ether oxygens (including phenoxy) is 1. The van der Waals surface area contributed by atoms with Crippen LogP contribution in [-0.2, 0) is 25.2 Å². The maximum Gasteiger partial charge on any atom is 0.306 e. The van der Waals surface area contributed by atoms with Crippen molar-refractivity contribution >= 4 is 37.5 Å². The van der Waals surface area contributed by atoms with Crippen molar-refractivity contribution in [1.82, 2.24) is 4.98 Å². The van der Waals surface area contributed by atoms with Crippen LogP contribution in [0.25, 0.3) is 6.08 Å². The molecule has 42 heavy (non-hydrogen) atoms. The van der Waals surface area contributed by atoms with E-state index in [4.69, 9.17) is 9.16 Å². The lowest BCUT2D eigenvalue weighted by atomic mass is 9.69. The number of Topliss-reactive ketones (excluding diaryl/α,β-unsaturated/α-hetero) is 1. The number of aromatic nitrogens is 1. The normalized spacial score (nSPS) is 29.5. The van der Waals surface area contributed by atoms with E-state index in [0.29, 0.717) is 6.42 Å². The minimum Gasteiger partial charge on any atom is -0.457 e. The zero-order valence-corrected chi connectivity index (χ0v) is 30.4. The van der Waals surface area contributed by atoms with Crippen LogP contribution in [0.1, 0.15) is 106 Å². The number of allylic oxidation sites excluding steroid dienone is 2. The quantitative estimate of drug-likeness (QED) is 0.187. The third kappa shape index (κ3) is 9.58. The van der Waals surface area contributed by atoms with Crippen LogP contribution >= 0.6 is 11.3 Å². The third-order valence-corrected chi connectivity index (χ3v) is 15.1. The first-order valence-corrected chi connectivity index (χ1v) is 19.4. The number of cyclic esters (lactones) is 1. The first kappa shape index (κ1) is 36.4. The van der Waals surface area contributed by atoms with Gasteiger partial charge in [-0.15, -0.1) is 11.3 Å². The molecular weight excluding hydrogens is 559 g/mol. The summed E-state index contributed by atoms with van der Waals surface area (Å²) in [6, 6.07) is 0. The van der Waals surface area contributed by atoms with Gasteiger partial charge in [0, 0.05) is 29.6 Å². The summed E-state index contributed by atoms with van der Waals surface area (Å²) in [6.45, 7) is 27.5. The number of esters is 1. The molecule has 7 heteroatoms. The molecule has 0 aliphatic carbocycles. The van der Waals surface area contributed by atoms with Crippen LogP contribution in [0.15, 0.2) is 34.8 Å². The Kier molecular flexibility index (Phi) is 12.8. The van der Waals surface area contributed by atoms with Crippen LogP contribution < -0.4 is 0 Å². The van der Waals surface area contributed by atoms with Crippen LogP contribution in [0.3, 0.4) is 0 Å². The van der Waals surface area contributed by atoms with Crippen molar-refractivity contribution in [1.29, 1.82) is 0 Å². The number of rotatable bonds is 5. The number of thiazole rings is 1. The highest BCUT2D eigenvalue weighted by Gasteiger charge is 2.45. The first-order chi connectivity index (χ1) is 19.3. The van der Waals surface area contributed by atoms with E-state index in [9.17, 15) is 9.59 Å². The molecule has 1 aliphatic rings. The molecule has 5 atom stereocenters. The molecule has 2 rings (SSSR count). The van der Waals surface area contributed by atoms with Crippen molar-refractivity contribution < 1.29 is 18.8 Å². The third-order valence-electron chi connectivity index (χ3n) is 9.59. The molecule has 1 aromatic rings. The van der Waals surface area contributed by atoms with E-state index in [1.165, 1.54) is 5.57 Å². The van der Waals surface area contributed by atoms with E-state index in [1.807, 2.05) is 46.1 Å². The van der Waals surface area contributed by atoms with Gasteiger partial charge in [-0.1, -0.05) is 86.1 Å². The zero-order valence-electron chi connectivity index (χ0n) is 28.6. The van der Waals surface area contributed by atoms with Gasteiger partial charge in [0.15, 0.2) is 8.32 Å². The van der Waals surface area contributed by atoms with Gasteiger partial charge in [0.2, 0.25) is 0 Å². The number of hydrogen-bond acceptors (Lipinski definition) is 6. The second kappa shape index (κ2) is 14.8. The van der Waals surface area contributed by atoms with Crippen molar-refractivity contribution in [3.8, 4) is 0 Å². The highest BCUT2D eigenvalue weighted by atomic mass is 32.1. The van der Waals surface area contributed by atoms with Crippen molar-refractivity contribution in [2.75, 3.05) is 0 Å². The molecule has 0 saturated heterocycles. The number of carbonyl (C=O) groups excluding carboxylic acids is 2. The molecule has 0 N–H and O–H groups in total. The van der Waals surface area contributed by atoms with Crippen molar-refractivity contribution in [2.24, 2.45) is 23.2 Å². The maximum atomic E-state index is 14.2. The van der Waals surface area contributed by atoms with Gasteiger partial charge in [-0.25, -0.2) is 4.98 Å². The summed E-state index contributed by atoms with van der Waals surface area (Å²) < 4.78 is 13.1. The number of nitrogens with zero attached hydrogens (tertiary/aromatic N) is 1. The van der Waals surface area contributed by atoms with Crippen LogP contribution in [0.4, 0.5) is 0 Å². The van der Waals surface area contributed by atoms with Gasteiger partial charge in [0.05, 0.1) is 16.8 Å². The molecule has 0 saturated carbocycles. The monoisotopic (exact) mass is 615 g/mol. The summed E-state index contributed by atoms with van der Waals surface area (Å²) in [4.78, 5) is 32.2. The van der Waals surface area contributed by atoms with Crippen LogP contribution in [0.5, 0.6) is 0 Å². The minimum atomic E-state index is -2.14. The Labute approximate surface area is 261 Å². The predicted molar refractivity (Wildman–Crippen MR) is 180 cm³/mol. The first-order valence-electron chi connectivity index (χ1n) is 15.7. The highest BCUT2D eigenvalue weighted by molar-refractivity contribution is 7.09. The molecule has 2 heterocycles. The fraction of sp³-hybridized carbons (Fsp3) is 0.686. The van der Waals surface area contributed by atoms with E-state index in [0.717, 1.165) is 29.1 Å². The Bertz CT molecular complexity index is 1170. The van der Waals surface area contributed by atoms with Crippen LogP contribution in [0, 0.1) is 23.2 Å². The summed E-state index contributed by atoms with van der Waals surface area (Å²) in [5.74, 6) is -0.584. The largest absolute Gasteiger partial charge is 0.457 e. The molecule has 1 aromatic heterocycles. The van der Waals surface area contributed by atoms with E-state index in [2.05, 4.69) is 77.8 Å². The van der Waals surface area contributed by atoms with E-state index < -0.39 is 13.7 Å². The summed E-state index contributed by atoms with van der Waals surface area (Å²) in [5.41, 5.74) is 2.36. The lowest BCUT2D eigenvalue weighted by Crippen LogP contribution is -2.50. The lowest BCUT2D eigenvalue weighted by Gasteiger charge is -2.43. The Morgan fingerprint density at radius 3 is 2.43 bits per heavy atom. The summed E-state index contributed by atoms with van der Waals surface area (Å²) in [5, 5.41) is 3.17. The van der Waals surface area contributed by atoms with Gasteiger partial charge in [-0.05, 0) is 68.3 Å². The second-order valence-electron chi connectivity index (χ2n) is 14.5. The molecular formula is C35H57NO4SSi. The fourth-order valence-electron chi connectivity index (χ4n) is 5.05. The molecule has 0 fully saturated rings. The topological polar surface area (TPSA) is 65.5 Å². The average molecular weight is 616 g/mol. The molecule has 0 bridgehead atoms. The Balaban J connectivity index is 2.48. The lowest BCUT2D eigenvalue weighted by molar-refractivity contribution is -0.150. The molecule has 1 aliphatic heterocycles. The average Bonchev–Trinajstić information content (AvgIpc) is 3.34. The van der Waals surface area contributed by atoms with Crippen molar-refractivity contribution in [3.63, 3.8) is 0 Å².